The molecule has 1 amide bonds. The maximum Gasteiger partial charge on any atom is 0.308 e. The number of hydrogen-bond acceptors (Lipinski definition) is 3. The molecule has 1 N–H and O–H groups in total. The van der Waals surface area contributed by atoms with Gasteiger partial charge in [-0.15, -0.1) is 6.58 Å². The first-order chi connectivity index (χ1) is 9.54. The van der Waals surface area contributed by atoms with Gasteiger partial charge in [0.1, 0.15) is 6.10 Å². The van der Waals surface area contributed by atoms with Gasteiger partial charge in [0.15, 0.2) is 0 Å². The quantitative estimate of drug-likeness (QED) is 0.568. The molecule has 2 fully saturated rings. The zero-order valence-electron chi connectivity index (χ0n) is 12.0. The van der Waals surface area contributed by atoms with Crippen molar-refractivity contribution < 1.29 is 19.4 Å². The minimum absolute atomic E-state index is 0.0940. The number of carbonyl (C=O) groups excluding carboxylic acids is 1. The fourth-order valence-electron chi connectivity index (χ4n) is 2.93. The van der Waals surface area contributed by atoms with Crippen molar-refractivity contribution in [3.8, 4) is 0 Å². The number of likely N-dealkylation sites (tertiary alicyclic amines) is 1. The standard InChI is InChI=1S/C15H23NO4/c1-3-4-7-20-10(2)14(17)16-8-12(11-5-6-11)13(9-16)15(18)19/h3,10-13H,1,4-9H2,2H3,(H,18,19)/t10?,12-,13+/m1/s1. The van der Waals surface area contributed by atoms with Crippen LogP contribution in [0.3, 0.4) is 0 Å². The van der Waals surface area contributed by atoms with E-state index in [2.05, 4.69) is 6.58 Å². The molecule has 1 unspecified atom stereocenters. The van der Waals surface area contributed by atoms with Gasteiger partial charge in [-0.2, -0.15) is 0 Å². The van der Waals surface area contributed by atoms with Crippen LogP contribution in [0.25, 0.3) is 0 Å². The van der Waals surface area contributed by atoms with E-state index in [1.54, 1.807) is 17.9 Å². The summed E-state index contributed by atoms with van der Waals surface area (Å²) in [6, 6.07) is 0. The summed E-state index contributed by atoms with van der Waals surface area (Å²) >= 11 is 0. The first-order valence-corrected chi connectivity index (χ1v) is 7.28. The third kappa shape index (κ3) is 3.39. The molecule has 1 heterocycles. The Morgan fingerprint density at radius 3 is 2.70 bits per heavy atom. The lowest BCUT2D eigenvalue weighted by molar-refractivity contribution is -0.144. The number of carbonyl (C=O) groups is 2. The number of aliphatic carboxylic acids is 1. The first-order valence-electron chi connectivity index (χ1n) is 7.28. The largest absolute Gasteiger partial charge is 0.481 e. The first kappa shape index (κ1) is 15.0. The van der Waals surface area contributed by atoms with Crippen LogP contribution < -0.4 is 0 Å². The van der Waals surface area contributed by atoms with E-state index >= 15 is 0 Å². The molecule has 1 saturated carbocycles. The molecule has 0 bridgehead atoms. The van der Waals surface area contributed by atoms with E-state index in [1.165, 1.54) is 0 Å². The normalized spacial score (nSPS) is 27.4. The summed E-state index contributed by atoms with van der Waals surface area (Å²) in [5.41, 5.74) is 0. The molecule has 0 aromatic heterocycles. The van der Waals surface area contributed by atoms with E-state index in [-0.39, 0.29) is 11.8 Å². The van der Waals surface area contributed by atoms with Crippen LogP contribution in [0.15, 0.2) is 12.7 Å². The molecular weight excluding hydrogens is 258 g/mol. The summed E-state index contributed by atoms with van der Waals surface area (Å²) in [6.45, 7) is 6.69. The fraction of sp³-hybridized carbons (Fsp3) is 0.733. The average molecular weight is 281 g/mol. The number of amides is 1. The number of hydrogen-bond donors (Lipinski definition) is 1. The lowest BCUT2D eigenvalue weighted by Crippen LogP contribution is -2.38. The van der Waals surface area contributed by atoms with E-state index in [0.29, 0.717) is 32.0 Å². The second kappa shape index (κ2) is 6.39. The Kier molecular flexibility index (Phi) is 4.81. The van der Waals surface area contributed by atoms with Gasteiger partial charge in [0.05, 0.1) is 12.5 Å². The van der Waals surface area contributed by atoms with Crippen molar-refractivity contribution in [2.24, 2.45) is 17.8 Å². The van der Waals surface area contributed by atoms with E-state index in [9.17, 15) is 14.7 Å². The Balaban J connectivity index is 1.90. The molecule has 0 radical (unpaired) electrons. The Hall–Kier alpha value is -1.36. The molecule has 0 spiro atoms. The molecule has 3 atom stereocenters. The minimum atomic E-state index is -0.780. The number of nitrogens with zero attached hydrogens (tertiary/aromatic N) is 1. The topological polar surface area (TPSA) is 66.8 Å². The zero-order chi connectivity index (χ0) is 14.7. The molecular formula is C15H23NO4. The lowest BCUT2D eigenvalue weighted by Gasteiger charge is -2.21. The number of rotatable bonds is 7. The van der Waals surface area contributed by atoms with Crippen LogP contribution in [-0.2, 0) is 14.3 Å². The third-order valence-electron chi connectivity index (χ3n) is 4.26. The summed E-state index contributed by atoms with van der Waals surface area (Å²) in [4.78, 5) is 25.3. The maximum absolute atomic E-state index is 12.3. The van der Waals surface area contributed by atoms with Crippen LogP contribution in [0.5, 0.6) is 0 Å². The fourth-order valence-corrected chi connectivity index (χ4v) is 2.93. The van der Waals surface area contributed by atoms with Gasteiger partial charge in [-0.05, 0) is 38.0 Å². The average Bonchev–Trinajstić information content (AvgIpc) is 3.16. The highest BCUT2D eigenvalue weighted by Crippen LogP contribution is 2.44. The highest BCUT2D eigenvalue weighted by Gasteiger charge is 2.47. The van der Waals surface area contributed by atoms with Crippen LogP contribution in [-0.4, -0.2) is 47.7 Å². The smallest absolute Gasteiger partial charge is 0.308 e. The van der Waals surface area contributed by atoms with Crippen molar-refractivity contribution in [3.05, 3.63) is 12.7 Å². The SMILES string of the molecule is C=CCCOC(C)C(=O)N1C[C@H](C(=O)O)[C@@H](C2CC2)C1. The molecule has 20 heavy (non-hydrogen) atoms. The summed E-state index contributed by atoms with van der Waals surface area (Å²) in [5, 5.41) is 9.29. The highest BCUT2D eigenvalue weighted by molar-refractivity contribution is 5.82. The van der Waals surface area contributed by atoms with Gasteiger partial charge >= 0.3 is 5.97 Å². The number of carboxylic acid groups (broad SMARTS) is 1. The van der Waals surface area contributed by atoms with Crippen LogP contribution >= 0.6 is 0 Å². The van der Waals surface area contributed by atoms with Crippen molar-refractivity contribution >= 4 is 11.9 Å². The molecule has 0 aromatic rings. The Morgan fingerprint density at radius 1 is 1.45 bits per heavy atom. The molecule has 1 aliphatic heterocycles. The highest BCUT2D eigenvalue weighted by atomic mass is 16.5. The molecule has 2 aliphatic rings. The summed E-state index contributed by atoms with van der Waals surface area (Å²) in [7, 11) is 0. The van der Waals surface area contributed by atoms with E-state index in [1.807, 2.05) is 0 Å². The third-order valence-corrected chi connectivity index (χ3v) is 4.26. The molecule has 5 heteroatoms. The van der Waals surface area contributed by atoms with Crippen LogP contribution in [0.1, 0.15) is 26.2 Å². The lowest BCUT2D eigenvalue weighted by atomic mass is 9.92. The van der Waals surface area contributed by atoms with Crippen molar-refractivity contribution in [2.75, 3.05) is 19.7 Å². The van der Waals surface area contributed by atoms with Crippen molar-refractivity contribution in [1.82, 2.24) is 4.90 Å². The van der Waals surface area contributed by atoms with Crippen LogP contribution in [0.4, 0.5) is 0 Å². The van der Waals surface area contributed by atoms with Gasteiger partial charge in [-0.1, -0.05) is 6.08 Å². The van der Waals surface area contributed by atoms with Crippen LogP contribution in [0.2, 0.25) is 0 Å². The van der Waals surface area contributed by atoms with E-state index in [0.717, 1.165) is 12.8 Å². The van der Waals surface area contributed by atoms with Gasteiger partial charge in [0.25, 0.3) is 5.91 Å². The second-order valence-corrected chi connectivity index (χ2v) is 5.78. The Labute approximate surface area is 119 Å². The van der Waals surface area contributed by atoms with Crippen molar-refractivity contribution in [2.45, 2.75) is 32.3 Å². The van der Waals surface area contributed by atoms with Gasteiger partial charge in [-0.3, -0.25) is 9.59 Å². The van der Waals surface area contributed by atoms with E-state index < -0.39 is 18.0 Å². The second-order valence-electron chi connectivity index (χ2n) is 5.78. The summed E-state index contributed by atoms with van der Waals surface area (Å²) in [5.74, 6) is -0.671. The predicted octanol–water partition coefficient (Wildman–Crippen LogP) is 1.54. The molecule has 0 aromatic carbocycles. The van der Waals surface area contributed by atoms with E-state index in [4.69, 9.17) is 4.74 Å². The Bertz CT molecular complexity index is 391. The number of ether oxygens (including phenoxy) is 1. The van der Waals surface area contributed by atoms with Crippen molar-refractivity contribution in [3.63, 3.8) is 0 Å². The minimum Gasteiger partial charge on any atom is -0.481 e. The molecule has 5 nitrogen and oxygen atoms in total. The van der Waals surface area contributed by atoms with Gasteiger partial charge < -0.3 is 14.7 Å². The van der Waals surface area contributed by atoms with Crippen LogP contribution in [0, 0.1) is 17.8 Å². The van der Waals surface area contributed by atoms with Gasteiger partial charge in [0, 0.05) is 13.1 Å². The molecule has 1 aliphatic carbocycles. The zero-order valence-corrected chi connectivity index (χ0v) is 12.0. The molecule has 2 rings (SSSR count). The molecule has 1 saturated heterocycles. The molecule has 112 valence electrons. The summed E-state index contributed by atoms with van der Waals surface area (Å²) < 4.78 is 5.45. The number of carboxylic acids is 1. The maximum atomic E-state index is 12.3. The summed E-state index contributed by atoms with van der Waals surface area (Å²) in [6.07, 6.45) is 4.14. The monoisotopic (exact) mass is 281 g/mol. The van der Waals surface area contributed by atoms with Gasteiger partial charge in [-0.25, -0.2) is 0 Å². The Morgan fingerprint density at radius 2 is 2.15 bits per heavy atom. The van der Waals surface area contributed by atoms with Crippen molar-refractivity contribution in [1.29, 1.82) is 0 Å². The predicted molar refractivity (Wildman–Crippen MR) is 74.1 cm³/mol. The van der Waals surface area contributed by atoms with Gasteiger partial charge in [0.2, 0.25) is 0 Å².